The van der Waals surface area contributed by atoms with Gasteiger partial charge in [-0.25, -0.2) is 4.98 Å². The highest BCUT2D eigenvalue weighted by molar-refractivity contribution is 9.10. The Labute approximate surface area is 107 Å². The molecule has 0 saturated heterocycles. The van der Waals surface area contributed by atoms with Crippen LogP contribution in [-0.2, 0) is 0 Å². The zero-order valence-corrected chi connectivity index (χ0v) is 10.9. The highest BCUT2D eigenvalue weighted by atomic mass is 79.9. The molecular weight excluding hydrogens is 289 g/mol. The molecule has 1 aromatic heterocycles. The van der Waals surface area contributed by atoms with Gasteiger partial charge in [0.25, 0.3) is 0 Å². The Morgan fingerprint density at radius 1 is 1.31 bits per heavy atom. The van der Waals surface area contributed by atoms with Crippen LogP contribution in [0, 0.1) is 6.92 Å². The van der Waals surface area contributed by atoms with E-state index in [0.29, 0.717) is 16.7 Å². The third-order valence-electron chi connectivity index (χ3n) is 2.01. The molecule has 0 aliphatic heterocycles. The first-order valence-electron chi connectivity index (χ1n) is 4.71. The Hall–Kier alpha value is -1.06. The number of benzene rings is 1. The molecule has 0 N–H and O–H groups in total. The number of pyridine rings is 1. The third-order valence-corrected chi connectivity index (χ3v) is 2.68. The van der Waals surface area contributed by atoms with Crippen LogP contribution in [0.2, 0.25) is 5.02 Å². The molecule has 0 spiro atoms. The van der Waals surface area contributed by atoms with E-state index in [9.17, 15) is 0 Å². The number of rotatable bonds is 2. The summed E-state index contributed by atoms with van der Waals surface area (Å²) in [5.41, 5.74) is 0.967. The molecule has 0 atom stereocenters. The minimum absolute atomic E-state index is 0.588. The lowest BCUT2D eigenvalue weighted by Crippen LogP contribution is -1.90. The average Bonchev–Trinajstić information content (AvgIpc) is 2.22. The van der Waals surface area contributed by atoms with Gasteiger partial charge in [-0.05, 0) is 47.1 Å². The maximum Gasteiger partial charge on any atom is 0.222 e. The van der Waals surface area contributed by atoms with Crippen molar-refractivity contribution in [1.29, 1.82) is 0 Å². The molecule has 2 rings (SSSR count). The zero-order chi connectivity index (χ0) is 11.5. The maximum absolute atomic E-state index is 5.87. The van der Waals surface area contributed by atoms with E-state index < -0.39 is 0 Å². The molecule has 0 aliphatic carbocycles. The van der Waals surface area contributed by atoms with E-state index in [-0.39, 0.29) is 0 Å². The molecule has 0 fully saturated rings. The predicted octanol–water partition coefficient (Wildman–Crippen LogP) is 4.60. The summed E-state index contributed by atoms with van der Waals surface area (Å²) in [7, 11) is 0. The lowest BCUT2D eigenvalue weighted by molar-refractivity contribution is 0.459. The van der Waals surface area contributed by atoms with Crippen LogP contribution >= 0.6 is 27.5 Å². The predicted molar refractivity (Wildman–Crippen MR) is 68.2 cm³/mol. The van der Waals surface area contributed by atoms with Crippen molar-refractivity contribution in [3.8, 4) is 11.6 Å². The van der Waals surface area contributed by atoms with Gasteiger partial charge in [-0.2, -0.15) is 0 Å². The fraction of sp³-hybridized carbons (Fsp3) is 0.0833. The van der Waals surface area contributed by atoms with Crippen molar-refractivity contribution in [3.05, 3.63) is 51.6 Å². The third kappa shape index (κ3) is 2.74. The van der Waals surface area contributed by atoms with Crippen LogP contribution < -0.4 is 4.74 Å². The molecule has 2 aromatic rings. The van der Waals surface area contributed by atoms with Gasteiger partial charge in [0.05, 0.1) is 0 Å². The highest BCUT2D eigenvalue weighted by Crippen LogP contribution is 2.26. The molecule has 4 heteroatoms. The van der Waals surface area contributed by atoms with Gasteiger partial charge in [-0.15, -0.1) is 0 Å². The first kappa shape index (κ1) is 11.4. The first-order chi connectivity index (χ1) is 7.65. The number of ether oxygens (including phenoxy) is 1. The number of hydrogen-bond acceptors (Lipinski definition) is 2. The summed E-state index contributed by atoms with van der Waals surface area (Å²) >= 11 is 9.22. The van der Waals surface area contributed by atoms with Gasteiger partial charge in [-0.3, -0.25) is 0 Å². The van der Waals surface area contributed by atoms with Crippen LogP contribution in [0.25, 0.3) is 0 Å². The summed E-state index contributed by atoms with van der Waals surface area (Å²) in [5.74, 6) is 1.27. The van der Waals surface area contributed by atoms with Crippen LogP contribution in [0.1, 0.15) is 5.56 Å². The molecular formula is C12H9BrClNO. The number of halogens is 2. The summed E-state index contributed by atoms with van der Waals surface area (Å²) in [6, 6.07) is 9.19. The molecule has 1 aromatic carbocycles. The largest absolute Gasteiger partial charge is 0.439 e. The second kappa shape index (κ2) is 4.85. The SMILES string of the molecule is Cc1cc(Br)cnc1Oc1cccc(Cl)c1. The first-order valence-corrected chi connectivity index (χ1v) is 5.88. The van der Waals surface area contributed by atoms with E-state index in [1.807, 2.05) is 25.1 Å². The van der Waals surface area contributed by atoms with Gasteiger partial charge < -0.3 is 4.74 Å². The molecule has 0 amide bonds. The molecule has 2 nitrogen and oxygen atoms in total. The maximum atomic E-state index is 5.87. The van der Waals surface area contributed by atoms with Crippen molar-refractivity contribution >= 4 is 27.5 Å². The van der Waals surface area contributed by atoms with E-state index in [1.54, 1.807) is 18.3 Å². The molecule has 0 saturated carbocycles. The van der Waals surface area contributed by atoms with E-state index in [1.165, 1.54) is 0 Å². The van der Waals surface area contributed by atoms with Crippen LogP contribution in [0.5, 0.6) is 11.6 Å². The van der Waals surface area contributed by atoms with Crippen molar-refractivity contribution in [3.63, 3.8) is 0 Å². The second-order valence-corrected chi connectivity index (χ2v) is 4.69. The molecule has 0 radical (unpaired) electrons. The van der Waals surface area contributed by atoms with Gasteiger partial charge in [0.15, 0.2) is 0 Å². The van der Waals surface area contributed by atoms with E-state index in [4.69, 9.17) is 16.3 Å². The van der Waals surface area contributed by atoms with Gasteiger partial charge in [0, 0.05) is 21.3 Å². The van der Waals surface area contributed by atoms with Gasteiger partial charge >= 0.3 is 0 Å². The fourth-order valence-corrected chi connectivity index (χ4v) is 1.90. The fourth-order valence-electron chi connectivity index (χ4n) is 1.28. The minimum atomic E-state index is 0.588. The van der Waals surface area contributed by atoms with Crippen LogP contribution in [0.4, 0.5) is 0 Å². The Balaban J connectivity index is 2.27. The van der Waals surface area contributed by atoms with Crippen molar-refractivity contribution < 1.29 is 4.74 Å². The van der Waals surface area contributed by atoms with E-state index in [2.05, 4.69) is 20.9 Å². The second-order valence-electron chi connectivity index (χ2n) is 3.34. The number of hydrogen-bond donors (Lipinski definition) is 0. The van der Waals surface area contributed by atoms with Crippen molar-refractivity contribution in [1.82, 2.24) is 4.98 Å². The summed E-state index contributed by atoms with van der Waals surface area (Å²) in [4.78, 5) is 4.19. The minimum Gasteiger partial charge on any atom is -0.439 e. The lowest BCUT2D eigenvalue weighted by Gasteiger charge is -2.07. The van der Waals surface area contributed by atoms with Gasteiger partial charge in [0.2, 0.25) is 5.88 Å². The van der Waals surface area contributed by atoms with Gasteiger partial charge in [-0.1, -0.05) is 17.7 Å². The summed E-state index contributed by atoms with van der Waals surface area (Å²) in [6.45, 7) is 1.94. The molecule has 0 bridgehead atoms. The molecule has 16 heavy (non-hydrogen) atoms. The molecule has 82 valence electrons. The summed E-state index contributed by atoms with van der Waals surface area (Å²) < 4.78 is 6.56. The summed E-state index contributed by atoms with van der Waals surface area (Å²) in [5, 5.41) is 0.646. The molecule has 0 aliphatic rings. The Morgan fingerprint density at radius 2 is 2.12 bits per heavy atom. The average molecular weight is 299 g/mol. The van der Waals surface area contributed by atoms with Crippen molar-refractivity contribution in [2.45, 2.75) is 6.92 Å². The number of nitrogens with zero attached hydrogens (tertiary/aromatic N) is 1. The summed E-state index contributed by atoms with van der Waals surface area (Å²) in [6.07, 6.45) is 1.70. The van der Waals surface area contributed by atoms with Crippen LogP contribution in [0.15, 0.2) is 41.0 Å². The van der Waals surface area contributed by atoms with E-state index >= 15 is 0 Å². The number of aromatic nitrogens is 1. The Morgan fingerprint density at radius 3 is 2.81 bits per heavy atom. The zero-order valence-electron chi connectivity index (χ0n) is 8.58. The van der Waals surface area contributed by atoms with Crippen LogP contribution in [-0.4, -0.2) is 4.98 Å². The quantitative estimate of drug-likeness (QED) is 0.808. The Kier molecular flexibility index (Phi) is 3.46. The number of aryl methyl sites for hydroxylation is 1. The Bertz CT molecular complexity index is 516. The van der Waals surface area contributed by atoms with Crippen LogP contribution in [0.3, 0.4) is 0 Å². The van der Waals surface area contributed by atoms with Crippen molar-refractivity contribution in [2.75, 3.05) is 0 Å². The molecule has 0 unspecified atom stereocenters. The molecule has 1 heterocycles. The highest BCUT2D eigenvalue weighted by Gasteiger charge is 2.03. The smallest absolute Gasteiger partial charge is 0.222 e. The standard InChI is InChI=1S/C12H9BrClNO/c1-8-5-9(13)7-15-12(8)16-11-4-2-3-10(14)6-11/h2-7H,1H3. The monoisotopic (exact) mass is 297 g/mol. The lowest BCUT2D eigenvalue weighted by atomic mass is 10.3. The van der Waals surface area contributed by atoms with Crippen molar-refractivity contribution in [2.24, 2.45) is 0 Å². The van der Waals surface area contributed by atoms with E-state index in [0.717, 1.165) is 10.0 Å². The normalized spacial score (nSPS) is 10.2. The topological polar surface area (TPSA) is 22.1 Å². The van der Waals surface area contributed by atoms with Gasteiger partial charge in [0.1, 0.15) is 5.75 Å².